The number of carbonyl (C=O) groups excluding carboxylic acids is 2. The van der Waals surface area contributed by atoms with E-state index < -0.39 is 23.4 Å². The fourth-order valence-electron chi connectivity index (χ4n) is 3.34. The van der Waals surface area contributed by atoms with Crippen LogP contribution >= 0.6 is 0 Å². The van der Waals surface area contributed by atoms with Gasteiger partial charge in [-0.1, -0.05) is 24.3 Å². The minimum atomic E-state index is -0.608. The third-order valence-corrected chi connectivity index (χ3v) is 5.06. The number of rotatable bonds is 4. The molecule has 0 fully saturated rings. The van der Waals surface area contributed by atoms with Crippen LogP contribution in [0.1, 0.15) is 16.7 Å². The molecule has 0 radical (unpaired) electrons. The van der Waals surface area contributed by atoms with E-state index in [-0.39, 0.29) is 17.0 Å². The summed E-state index contributed by atoms with van der Waals surface area (Å²) in [5, 5.41) is 2.95. The first kappa shape index (κ1) is 19.5. The quantitative estimate of drug-likeness (QED) is 0.624. The summed E-state index contributed by atoms with van der Waals surface area (Å²) >= 11 is 0. The summed E-state index contributed by atoms with van der Waals surface area (Å²) in [7, 11) is 0. The van der Waals surface area contributed by atoms with Gasteiger partial charge in [-0.3, -0.25) is 9.59 Å². The smallest absolute Gasteiger partial charge is 0.282 e. The first-order valence-corrected chi connectivity index (χ1v) is 9.34. The lowest BCUT2D eigenvalue weighted by Crippen LogP contribution is -2.32. The van der Waals surface area contributed by atoms with E-state index >= 15 is 0 Å². The number of amides is 2. The highest BCUT2D eigenvalue weighted by Crippen LogP contribution is 2.34. The number of benzene rings is 3. The molecule has 0 unspecified atom stereocenters. The van der Waals surface area contributed by atoms with E-state index in [4.69, 9.17) is 0 Å². The highest BCUT2D eigenvalue weighted by atomic mass is 19.1. The summed E-state index contributed by atoms with van der Waals surface area (Å²) in [6.45, 7) is 3.86. The van der Waals surface area contributed by atoms with Crippen LogP contribution < -0.4 is 10.2 Å². The van der Waals surface area contributed by atoms with Crippen molar-refractivity contribution in [3.05, 3.63) is 101 Å². The summed E-state index contributed by atoms with van der Waals surface area (Å²) in [4.78, 5) is 27.5. The molecule has 1 heterocycles. The van der Waals surface area contributed by atoms with Crippen molar-refractivity contribution in [1.82, 2.24) is 0 Å². The minimum absolute atomic E-state index is 0.0547. The van der Waals surface area contributed by atoms with Crippen LogP contribution in [0.15, 0.2) is 72.4 Å². The van der Waals surface area contributed by atoms with E-state index in [2.05, 4.69) is 5.32 Å². The monoisotopic (exact) mass is 404 g/mol. The number of nitrogens with zero attached hydrogens (tertiary/aromatic N) is 1. The summed E-state index contributed by atoms with van der Waals surface area (Å²) in [5.74, 6) is -2.14. The summed E-state index contributed by atoms with van der Waals surface area (Å²) in [5.41, 5.74) is 3.41. The molecule has 2 amide bonds. The molecule has 150 valence electrons. The van der Waals surface area contributed by atoms with Crippen molar-refractivity contribution >= 4 is 28.8 Å². The number of hydrogen-bond acceptors (Lipinski definition) is 3. The van der Waals surface area contributed by atoms with Gasteiger partial charge < -0.3 is 5.32 Å². The number of carbonyl (C=O) groups is 2. The second-order valence-electron chi connectivity index (χ2n) is 7.11. The van der Waals surface area contributed by atoms with Gasteiger partial charge in [-0.25, -0.2) is 13.7 Å². The molecular formula is C24H18F2N2O2. The molecular weight excluding hydrogens is 386 g/mol. The molecule has 4 rings (SSSR count). The third kappa shape index (κ3) is 3.48. The molecule has 0 aliphatic carbocycles. The Kier molecular flexibility index (Phi) is 4.91. The molecule has 30 heavy (non-hydrogen) atoms. The van der Waals surface area contributed by atoms with E-state index in [0.29, 0.717) is 11.3 Å². The highest BCUT2D eigenvalue weighted by molar-refractivity contribution is 6.46. The van der Waals surface area contributed by atoms with Gasteiger partial charge in [0.05, 0.1) is 11.3 Å². The van der Waals surface area contributed by atoms with Gasteiger partial charge in [0, 0.05) is 5.69 Å². The average Bonchev–Trinajstić information content (AvgIpc) is 2.95. The van der Waals surface area contributed by atoms with Gasteiger partial charge in [0.2, 0.25) is 0 Å². The number of aryl methyl sites for hydroxylation is 2. The van der Waals surface area contributed by atoms with Gasteiger partial charge in [-0.2, -0.15) is 0 Å². The Morgan fingerprint density at radius 3 is 2.17 bits per heavy atom. The first-order chi connectivity index (χ1) is 14.3. The number of nitrogens with one attached hydrogen (secondary N) is 1. The van der Waals surface area contributed by atoms with Gasteiger partial charge in [0.1, 0.15) is 17.3 Å². The molecule has 4 nitrogen and oxygen atoms in total. The van der Waals surface area contributed by atoms with Crippen molar-refractivity contribution in [3.8, 4) is 0 Å². The maximum absolute atomic E-state index is 13.8. The van der Waals surface area contributed by atoms with E-state index in [1.54, 1.807) is 6.07 Å². The van der Waals surface area contributed by atoms with E-state index in [0.717, 1.165) is 22.1 Å². The summed E-state index contributed by atoms with van der Waals surface area (Å²) in [6.07, 6.45) is 0. The maximum atomic E-state index is 13.8. The summed E-state index contributed by atoms with van der Waals surface area (Å²) in [6, 6.07) is 16.2. The van der Waals surface area contributed by atoms with Crippen LogP contribution in [-0.2, 0) is 9.59 Å². The molecule has 0 aromatic heterocycles. The number of halogens is 2. The van der Waals surface area contributed by atoms with E-state index in [9.17, 15) is 18.4 Å². The Labute approximate surface area is 172 Å². The largest absolute Gasteiger partial charge is 0.350 e. The van der Waals surface area contributed by atoms with Crippen molar-refractivity contribution < 1.29 is 18.4 Å². The predicted octanol–water partition coefficient (Wildman–Crippen LogP) is 4.98. The van der Waals surface area contributed by atoms with Crippen LogP contribution in [0.5, 0.6) is 0 Å². The molecule has 0 saturated heterocycles. The van der Waals surface area contributed by atoms with Crippen LogP contribution in [0.4, 0.5) is 20.2 Å². The van der Waals surface area contributed by atoms with Crippen molar-refractivity contribution in [2.75, 3.05) is 10.2 Å². The molecule has 0 atom stereocenters. The molecule has 0 saturated carbocycles. The lowest BCUT2D eigenvalue weighted by molar-refractivity contribution is -0.120. The van der Waals surface area contributed by atoms with Gasteiger partial charge in [0.15, 0.2) is 0 Å². The second kappa shape index (κ2) is 7.55. The fourth-order valence-corrected chi connectivity index (χ4v) is 3.34. The predicted molar refractivity (Wildman–Crippen MR) is 112 cm³/mol. The van der Waals surface area contributed by atoms with Crippen LogP contribution in [0.25, 0.3) is 5.57 Å². The van der Waals surface area contributed by atoms with Gasteiger partial charge >= 0.3 is 0 Å². The van der Waals surface area contributed by atoms with Crippen LogP contribution in [0, 0.1) is 25.5 Å². The van der Waals surface area contributed by atoms with Gasteiger partial charge in [-0.15, -0.1) is 0 Å². The van der Waals surface area contributed by atoms with Crippen LogP contribution in [0.2, 0.25) is 0 Å². The highest BCUT2D eigenvalue weighted by Gasteiger charge is 2.40. The molecule has 1 aliphatic rings. The molecule has 6 heteroatoms. The zero-order valence-electron chi connectivity index (χ0n) is 16.4. The Morgan fingerprint density at radius 2 is 1.50 bits per heavy atom. The number of anilines is 2. The molecule has 0 spiro atoms. The van der Waals surface area contributed by atoms with Crippen molar-refractivity contribution in [3.63, 3.8) is 0 Å². The van der Waals surface area contributed by atoms with E-state index in [1.165, 1.54) is 42.5 Å². The Hall–Kier alpha value is -3.80. The molecule has 3 aromatic carbocycles. The number of hydrogen-bond donors (Lipinski definition) is 1. The Morgan fingerprint density at radius 1 is 0.767 bits per heavy atom. The topological polar surface area (TPSA) is 49.4 Å². The zero-order chi connectivity index (χ0) is 21.4. The molecule has 1 N–H and O–H groups in total. The fraction of sp³-hybridized carbons (Fsp3) is 0.0833. The lowest BCUT2D eigenvalue weighted by atomic mass is 9.99. The maximum Gasteiger partial charge on any atom is 0.282 e. The first-order valence-electron chi connectivity index (χ1n) is 9.34. The Balaban J connectivity index is 1.84. The molecule has 0 bridgehead atoms. The second-order valence-corrected chi connectivity index (χ2v) is 7.11. The Bertz CT molecular complexity index is 1200. The standard InChI is InChI=1S/C24H18F2N2O2/c1-14-6-7-16(12-15(14)2)21-22(27-19-10-8-17(25)9-11-19)24(30)28(23(21)29)20-5-3-4-18(26)13-20/h3-13,27H,1-2H3. The molecule has 3 aromatic rings. The average molecular weight is 404 g/mol. The van der Waals surface area contributed by atoms with Crippen molar-refractivity contribution in [2.24, 2.45) is 0 Å². The minimum Gasteiger partial charge on any atom is -0.350 e. The molecule has 1 aliphatic heterocycles. The van der Waals surface area contributed by atoms with Gasteiger partial charge in [-0.05, 0) is 73.0 Å². The third-order valence-electron chi connectivity index (χ3n) is 5.06. The zero-order valence-corrected chi connectivity index (χ0v) is 16.4. The SMILES string of the molecule is Cc1ccc(C2=C(Nc3ccc(F)cc3)C(=O)N(c3cccc(F)c3)C2=O)cc1C. The van der Waals surface area contributed by atoms with Gasteiger partial charge in [0.25, 0.3) is 11.8 Å². The van der Waals surface area contributed by atoms with Crippen molar-refractivity contribution in [2.45, 2.75) is 13.8 Å². The van der Waals surface area contributed by atoms with Crippen molar-refractivity contribution in [1.29, 1.82) is 0 Å². The summed E-state index contributed by atoms with van der Waals surface area (Å²) < 4.78 is 27.0. The number of imide groups is 1. The van der Waals surface area contributed by atoms with Crippen LogP contribution in [-0.4, -0.2) is 11.8 Å². The van der Waals surface area contributed by atoms with E-state index in [1.807, 2.05) is 26.0 Å². The van der Waals surface area contributed by atoms with Crippen LogP contribution in [0.3, 0.4) is 0 Å². The lowest BCUT2D eigenvalue weighted by Gasteiger charge is -2.15. The normalized spacial score (nSPS) is 13.9.